The van der Waals surface area contributed by atoms with E-state index in [1.807, 2.05) is 51.3 Å². The molecule has 1 aromatic carbocycles. The standard InChI is InChI=1S/C9H5I2NO2/c1-14-9(13)8-5(4-12)6(10)2-3-7(8)11/h2-3H,1H3. The maximum Gasteiger partial charge on any atom is 0.340 e. The van der Waals surface area contributed by atoms with Crippen LogP contribution in [0, 0.1) is 18.5 Å². The summed E-state index contributed by atoms with van der Waals surface area (Å²) in [6, 6.07) is 5.59. The van der Waals surface area contributed by atoms with Gasteiger partial charge in [0.05, 0.1) is 18.2 Å². The van der Waals surface area contributed by atoms with Gasteiger partial charge in [-0.05, 0) is 57.3 Å². The molecule has 0 radical (unpaired) electrons. The largest absolute Gasteiger partial charge is 0.465 e. The van der Waals surface area contributed by atoms with Gasteiger partial charge in [-0.15, -0.1) is 0 Å². The van der Waals surface area contributed by atoms with Crippen molar-refractivity contribution in [1.29, 1.82) is 5.26 Å². The molecular formula is C9H5I2NO2. The number of esters is 1. The van der Waals surface area contributed by atoms with Gasteiger partial charge in [0.2, 0.25) is 0 Å². The van der Waals surface area contributed by atoms with Gasteiger partial charge >= 0.3 is 5.97 Å². The zero-order valence-electron chi connectivity index (χ0n) is 7.17. The maximum absolute atomic E-state index is 11.4. The predicted molar refractivity (Wildman–Crippen MR) is 67.9 cm³/mol. The van der Waals surface area contributed by atoms with Gasteiger partial charge in [-0.25, -0.2) is 4.79 Å². The molecule has 0 spiro atoms. The molecule has 0 aliphatic rings. The zero-order valence-corrected chi connectivity index (χ0v) is 11.5. The Bertz CT molecular complexity index is 424. The third kappa shape index (κ3) is 2.17. The lowest BCUT2D eigenvalue weighted by atomic mass is 10.1. The number of hydrogen-bond donors (Lipinski definition) is 0. The first-order valence-corrected chi connectivity index (χ1v) is 5.74. The Morgan fingerprint density at radius 2 is 2.00 bits per heavy atom. The number of nitrogens with zero attached hydrogens (tertiary/aromatic N) is 1. The van der Waals surface area contributed by atoms with Crippen LogP contribution in [-0.4, -0.2) is 13.1 Å². The molecule has 0 aliphatic carbocycles. The van der Waals surface area contributed by atoms with Gasteiger partial charge in [-0.2, -0.15) is 5.26 Å². The second-order valence-corrected chi connectivity index (χ2v) is 4.71. The molecule has 0 aromatic heterocycles. The van der Waals surface area contributed by atoms with E-state index in [4.69, 9.17) is 5.26 Å². The Balaban J connectivity index is 3.47. The minimum Gasteiger partial charge on any atom is -0.465 e. The number of hydrogen-bond acceptors (Lipinski definition) is 3. The molecule has 3 nitrogen and oxygen atoms in total. The topological polar surface area (TPSA) is 50.1 Å². The van der Waals surface area contributed by atoms with Gasteiger partial charge in [0.25, 0.3) is 0 Å². The number of carbonyl (C=O) groups is 1. The number of nitriles is 1. The molecular weight excluding hydrogens is 408 g/mol. The number of rotatable bonds is 1. The average Bonchev–Trinajstić information content (AvgIpc) is 2.19. The van der Waals surface area contributed by atoms with Crippen LogP contribution in [0.15, 0.2) is 12.1 Å². The highest BCUT2D eigenvalue weighted by molar-refractivity contribution is 14.1. The smallest absolute Gasteiger partial charge is 0.340 e. The third-order valence-corrected chi connectivity index (χ3v) is 3.40. The molecule has 0 fully saturated rings. The summed E-state index contributed by atoms with van der Waals surface area (Å²) in [5.41, 5.74) is 0.729. The molecule has 0 heterocycles. The van der Waals surface area contributed by atoms with Crippen LogP contribution < -0.4 is 0 Å². The first kappa shape index (κ1) is 11.7. The maximum atomic E-state index is 11.4. The second-order valence-electron chi connectivity index (χ2n) is 2.38. The van der Waals surface area contributed by atoms with E-state index in [-0.39, 0.29) is 0 Å². The molecule has 1 aromatic rings. The molecule has 0 amide bonds. The lowest BCUT2D eigenvalue weighted by Crippen LogP contribution is -2.08. The lowest BCUT2D eigenvalue weighted by Gasteiger charge is -2.05. The molecule has 72 valence electrons. The fourth-order valence-corrected chi connectivity index (χ4v) is 2.20. The van der Waals surface area contributed by atoms with E-state index < -0.39 is 5.97 Å². The molecule has 0 saturated heterocycles. The minimum absolute atomic E-state index is 0.350. The Morgan fingerprint density at radius 3 is 2.50 bits per heavy atom. The fourth-order valence-electron chi connectivity index (χ4n) is 0.963. The van der Waals surface area contributed by atoms with Crippen LogP contribution in [0.25, 0.3) is 0 Å². The van der Waals surface area contributed by atoms with Crippen molar-refractivity contribution in [3.8, 4) is 6.07 Å². The van der Waals surface area contributed by atoms with Crippen molar-refractivity contribution in [2.24, 2.45) is 0 Å². The minimum atomic E-state index is -0.468. The van der Waals surface area contributed by atoms with Crippen LogP contribution in [0.1, 0.15) is 15.9 Å². The van der Waals surface area contributed by atoms with Crippen LogP contribution in [0.5, 0.6) is 0 Å². The Kier molecular flexibility index (Phi) is 4.12. The highest BCUT2D eigenvalue weighted by Gasteiger charge is 2.17. The summed E-state index contributed by atoms with van der Waals surface area (Å²) in [6.45, 7) is 0. The van der Waals surface area contributed by atoms with Crippen molar-refractivity contribution >= 4 is 51.2 Å². The fraction of sp³-hybridized carbons (Fsp3) is 0.111. The normalized spacial score (nSPS) is 9.29. The molecule has 0 saturated carbocycles. The van der Waals surface area contributed by atoms with Gasteiger partial charge in [0, 0.05) is 7.14 Å². The molecule has 5 heteroatoms. The summed E-state index contributed by atoms with van der Waals surface area (Å²) < 4.78 is 6.10. The number of methoxy groups -OCH3 is 1. The Morgan fingerprint density at radius 1 is 1.43 bits per heavy atom. The van der Waals surface area contributed by atoms with Crippen LogP contribution in [0.3, 0.4) is 0 Å². The van der Waals surface area contributed by atoms with Gasteiger partial charge in [-0.1, -0.05) is 0 Å². The van der Waals surface area contributed by atoms with E-state index >= 15 is 0 Å². The van der Waals surface area contributed by atoms with E-state index in [0.29, 0.717) is 11.1 Å². The summed E-state index contributed by atoms with van der Waals surface area (Å²) in [6.07, 6.45) is 0. The number of carbonyl (C=O) groups excluding carboxylic acids is 1. The lowest BCUT2D eigenvalue weighted by molar-refractivity contribution is 0.0599. The van der Waals surface area contributed by atoms with Gasteiger partial charge in [0.1, 0.15) is 6.07 Å². The summed E-state index contributed by atoms with van der Waals surface area (Å²) in [7, 11) is 1.30. The van der Waals surface area contributed by atoms with Crippen LogP contribution in [0.4, 0.5) is 0 Å². The van der Waals surface area contributed by atoms with Gasteiger partial charge in [0.15, 0.2) is 0 Å². The van der Waals surface area contributed by atoms with Crippen molar-refractivity contribution in [3.05, 3.63) is 30.4 Å². The van der Waals surface area contributed by atoms with Crippen molar-refractivity contribution < 1.29 is 9.53 Å². The van der Waals surface area contributed by atoms with Crippen molar-refractivity contribution in [3.63, 3.8) is 0 Å². The highest BCUT2D eigenvalue weighted by atomic mass is 127. The first-order valence-electron chi connectivity index (χ1n) is 3.58. The average molecular weight is 413 g/mol. The molecule has 0 N–H and O–H groups in total. The van der Waals surface area contributed by atoms with E-state index in [1.54, 1.807) is 12.1 Å². The molecule has 0 bridgehead atoms. The van der Waals surface area contributed by atoms with E-state index in [0.717, 1.165) is 7.14 Å². The monoisotopic (exact) mass is 413 g/mol. The Hall–Kier alpha value is -0.360. The first-order chi connectivity index (χ1) is 6.61. The summed E-state index contributed by atoms with van der Waals surface area (Å²) >= 11 is 4.03. The van der Waals surface area contributed by atoms with Crippen LogP contribution in [-0.2, 0) is 4.74 Å². The predicted octanol–water partition coefficient (Wildman–Crippen LogP) is 2.55. The molecule has 1 rings (SSSR count). The van der Waals surface area contributed by atoms with Crippen LogP contribution >= 0.6 is 45.2 Å². The summed E-state index contributed by atoms with van der Waals surface area (Å²) in [5, 5.41) is 8.90. The van der Waals surface area contributed by atoms with Crippen molar-refractivity contribution in [1.82, 2.24) is 0 Å². The van der Waals surface area contributed by atoms with Crippen LogP contribution in [0.2, 0.25) is 0 Å². The number of halogens is 2. The second kappa shape index (κ2) is 4.93. The van der Waals surface area contributed by atoms with E-state index in [2.05, 4.69) is 4.74 Å². The zero-order chi connectivity index (χ0) is 10.7. The molecule has 0 atom stereocenters. The van der Waals surface area contributed by atoms with E-state index in [1.165, 1.54) is 7.11 Å². The van der Waals surface area contributed by atoms with Crippen molar-refractivity contribution in [2.45, 2.75) is 0 Å². The molecule has 0 unspecified atom stereocenters. The number of ether oxygens (including phenoxy) is 1. The SMILES string of the molecule is COC(=O)c1c(I)ccc(I)c1C#N. The summed E-state index contributed by atoms with van der Waals surface area (Å²) in [4.78, 5) is 11.4. The number of benzene rings is 1. The van der Waals surface area contributed by atoms with Crippen molar-refractivity contribution in [2.75, 3.05) is 7.11 Å². The highest BCUT2D eigenvalue weighted by Crippen LogP contribution is 2.22. The Labute approximate surface area is 109 Å². The third-order valence-electron chi connectivity index (χ3n) is 1.60. The molecule has 0 aliphatic heterocycles. The van der Waals surface area contributed by atoms with Gasteiger partial charge in [-0.3, -0.25) is 0 Å². The quantitative estimate of drug-likeness (QED) is 0.526. The van der Waals surface area contributed by atoms with Gasteiger partial charge < -0.3 is 4.74 Å². The van der Waals surface area contributed by atoms with E-state index in [9.17, 15) is 4.79 Å². The molecule has 14 heavy (non-hydrogen) atoms. The summed E-state index contributed by atoms with van der Waals surface area (Å²) in [5.74, 6) is -0.468.